The summed E-state index contributed by atoms with van der Waals surface area (Å²) >= 11 is 0. The maximum atomic E-state index is 4.39. The van der Waals surface area contributed by atoms with Gasteiger partial charge in [0.1, 0.15) is 0 Å². The van der Waals surface area contributed by atoms with Gasteiger partial charge in [-0.25, -0.2) is 0 Å². The lowest BCUT2D eigenvalue weighted by Crippen LogP contribution is -2.27. The lowest BCUT2D eigenvalue weighted by atomic mass is 10.0. The first-order valence-corrected chi connectivity index (χ1v) is 7.41. The Balaban J connectivity index is 1.79. The molecule has 1 saturated carbocycles. The molecule has 1 heterocycles. The Morgan fingerprint density at radius 3 is 2.89 bits per heavy atom. The predicted molar refractivity (Wildman–Crippen MR) is 75.5 cm³/mol. The number of rotatable bonds is 4. The quantitative estimate of drug-likeness (QED) is 0.827. The largest absolute Gasteiger partial charge is 0.310 e. The van der Waals surface area contributed by atoms with Gasteiger partial charge in [0, 0.05) is 30.4 Å². The topological polar surface area (TPSA) is 29.9 Å². The number of hydrogen-bond acceptors (Lipinski definition) is 2. The van der Waals surface area contributed by atoms with Crippen LogP contribution in [0.25, 0.3) is 0 Å². The van der Waals surface area contributed by atoms with Gasteiger partial charge in [0.2, 0.25) is 0 Å². The Kier molecular flexibility index (Phi) is 4.81. The molecular formula is C15H27N3. The van der Waals surface area contributed by atoms with Crippen molar-refractivity contribution in [2.24, 2.45) is 5.92 Å². The molecule has 3 heteroatoms. The van der Waals surface area contributed by atoms with Gasteiger partial charge in [-0.05, 0) is 39.0 Å². The molecule has 0 amide bonds. The highest BCUT2D eigenvalue weighted by Gasteiger charge is 2.15. The fraction of sp³-hybridized carbons (Fsp3) is 0.800. The molecule has 0 spiro atoms. The first-order valence-electron chi connectivity index (χ1n) is 7.41. The summed E-state index contributed by atoms with van der Waals surface area (Å²) < 4.78 is 2.03. The molecule has 0 aromatic carbocycles. The molecule has 0 aliphatic heterocycles. The third-order valence-corrected chi connectivity index (χ3v) is 4.04. The highest BCUT2D eigenvalue weighted by molar-refractivity contribution is 5.04. The van der Waals surface area contributed by atoms with Crippen molar-refractivity contribution >= 4 is 0 Å². The minimum absolute atomic E-state index is 0.456. The van der Waals surface area contributed by atoms with Crippen LogP contribution in [0.1, 0.15) is 64.5 Å². The van der Waals surface area contributed by atoms with Crippen molar-refractivity contribution in [3.8, 4) is 0 Å². The predicted octanol–water partition coefficient (Wildman–Crippen LogP) is 3.52. The summed E-state index contributed by atoms with van der Waals surface area (Å²) in [6.45, 7) is 7.68. The summed E-state index contributed by atoms with van der Waals surface area (Å²) in [5, 5.41) is 8.08. The van der Waals surface area contributed by atoms with E-state index in [-0.39, 0.29) is 0 Å². The fourth-order valence-corrected chi connectivity index (χ4v) is 2.70. The Hall–Kier alpha value is -0.830. The molecule has 1 aromatic heterocycles. The average Bonchev–Trinajstić information content (AvgIpc) is 2.72. The van der Waals surface area contributed by atoms with Crippen LogP contribution in [0.2, 0.25) is 0 Å². The van der Waals surface area contributed by atoms with E-state index in [0.29, 0.717) is 12.1 Å². The number of nitrogens with one attached hydrogen (secondary N) is 1. The maximum absolute atomic E-state index is 4.39. The van der Waals surface area contributed by atoms with Crippen LogP contribution in [-0.4, -0.2) is 15.8 Å². The molecule has 2 rings (SSSR count). The molecule has 1 aromatic rings. The molecule has 1 aliphatic rings. The van der Waals surface area contributed by atoms with E-state index in [1.165, 1.54) is 37.7 Å². The van der Waals surface area contributed by atoms with Crippen LogP contribution in [-0.2, 0) is 6.54 Å². The minimum Gasteiger partial charge on any atom is -0.310 e. The third kappa shape index (κ3) is 3.84. The molecule has 2 unspecified atom stereocenters. The van der Waals surface area contributed by atoms with Crippen LogP contribution < -0.4 is 5.32 Å². The van der Waals surface area contributed by atoms with Crippen molar-refractivity contribution in [3.05, 3.63) is 18.0 Å². The molecule has 18 heavy (non-hydrogen) atoms. The molecule has 1 aliphatic carbocycles. The Morgan fingerprint density at radius 2 is 2.17 bits per heavy atom. The van der Waals surface area contributed by atoms with Crippen molar-refractivity contribution in [2.45, 2.75) is 71.5 Å². The Bertz CT molecular complexity index is 356. The van der Waals surface area contributed by atoms with E-state index in [2.05, 4.69) is 37.4 Å². The van der Waals surface area contributed by atoms with Gasteiger partial charge in [0.05, 0.1) is 6.20 Å². The SMILES string of the molecule is CC1CCCC(NCc2cnn(C(C)C)c2)CC1. The van der Waals surface area contributed by atoms with E-state index in [9.17, 15) is 0 Å². The highest BCUT2D eigenvalue weighted by Crippen LogP contribution is 2.22. The van der Waals surface area contributed by atoms with E-state index >= 15 is 0 Å². The molecule has 1 N–H and O–H groups in total. The van der Waals surface area contributed by atoms with Crippen LogP contribution in [0, 0.1) is 5.92 Å². The van der Waals surface area contributed by atoms with Crippen molar-refractivity contribution in [1.82, 2.24) is 15.1 Å². The van der Waals surface area contributed by atoms with Crippen LogP contribution in [0.3, 0.4) is 0 Å². The second kappa shape index (κ2) is 6.37. The van der Waals surface area contributed by atoms with Crippen LogP contribution >= 0.6 is 0 Å². The summed E-state index contributed by atoms with van der Waals surface area (Å²) in [4.78, 5) is 0. The first kappa shape index (κ1) is 13.6. The van der Waals surface area contributed by atoms with Gasteiger partial charge >= 0.3 is 0 Å². The average molecular weight is 249 g/mol. The second-order valence-corrected chi connectivity index (χ2v) is 6.11. The standard InChI is InChI=1S/C15H27N3/c1-12(2)18-11-14(10-17-18)9-16-15-6-4-5-13(3)7-8-15/h10-13,15-16H,4-9H2,1-3H3. The number of hydrogen-bond donors (Lipinski definition) is 1. The Morgan fingerprint density at radius 1 is 1.33 bits per heavy atom. The van der Waals surface area contributed by atoms with E-state index in [1.807, 2.05) is 10.9 Å². The van der Waals surface area contributed by atoms with Crippen LogP contribution in [0.15, 0.2) is 12.4 Å². The zero-order chi connectivity index (χ0) is 13.0. The van der Waals surface area contributed by atoms with E-state index in [0.717, 1.165) is 12.5 Å². The normalized spacial score (nSPS) is 25.3. The zero-order valence-corrected chi connectivity index (χ0v) is 12.0. The van der Waals surface area contributed by atoms with E-state index in [1.54, 1.807) is 0 Å². The number of aromatic nitrogens is 2. The summed E-state index contributed by atoms with van der Waals surface area (Å²) in [7, 11) is 0. The molecule has 2 atom stereocenters. The molecule has 0 bridgehead atoms. The van der Waals surface area contributed by atoms with Crippen LogP contribution in [0.4, 0.5) is 0 Å². The molecule has 3 nitrogen and oxygen atoms in total. The molecule has 102 valence electrons. The second-order valence-electron chi connectivity index (χ2n) is 6.11. The van der Waals surface area contributed by atoms with Gasteiger partial charge in [0.25, 0.3) is 0 Å². The third-order valence-electron chi connectivity index (χ3n) is 4.04. The molecule has 0 saturated heterocycles. The lowest BCUT2D eigenvalue weighted by Gasteiger charge is -2.15. The molecule has 0 radical (unpaired) electrons. The summed E-state index contributed by atoms with van der Waals surface area (Å²) in [5.41, 5.74) is 1.31. The summed E-state index contributed by atoms with van der Waals surface area (Å²) in [5.74, 6) is 0.917. The van der Waals surface area contributed by atoms with Crippen molar-refractivity contribution in [1.29, 1.82) is 0 Å². The van der Waals surface area contributed by atoms with Gasteiger partial charge in [0.15, 0.2) is 0 Å². The van der Waals surface area contributed by atoms with Gasteiger partial charge in [-0.1, -0.05) is 19.8 Å². The van der Waals surface area contributed by atoms with Gasteiger partial charge in [-0.3, -0.25) is 4.68 Å². The van der Waals surface area contributed by atoms with Gasteiger partial charge in [-0.15, -0.1) is 0 Å². The highest BCUT2D eigenvalue weighted by atomic mass is 15.3. The van der Waals surface area contributed by atoms with Crippen molar-refractivity contribution in [3.63, 3.8) is 0 Å². The first-order chi connectivity index (χ1) is 8.65. The van der Waals surface area contributed by atoms with Gasteiger partial charge in [-0.2, -0.15) is 5.10 Å². The lowest BCUT2D eigenvalue weighted by molar-refractivity contribution is 0.447. The maximum Gasteiger partial charge on any atom is 0.0534 e. The van der Waals surface area contributed by atoms with E-state index < -0.39 is 0 Å². The summed E-state index contributed by atoms with van der Waals surface area (Å²) in [6.07, 6.45) is 11.0. The van der Waals surface area contributed by atoms with E-state index in [4.69, 9.17) is 0 Å². The zero-order valence-electron chi connectivity index (χ0n) is 12.0. The molecular weight excluding hydrogens is 222 g/mol. The van der Waals surface area contributed by atoms with Crippen molar-refractivity contribution in [2.75, 3.05) is 0 Å². The van der Waals surface area contributed by atoms with Gasteiger partial charge < -0.3 is 5.32 Å². The van der Waals surface area contributed by atoms with Crippen molar-refractivity contribution < 1.29 is 0 Å². The minimum atomic E-state index is 0.456. The number of nitrogens with zero attached hydrogens (tertiary/aromatic N) is 2. The Labute approximate surface area is 111 Å². The fourth-order valence-electron chi connectivity index (χ4n) is 2.70. The van der Waals surface area contributed by atoms with Crippen LogP contribution in [0.5, 0.6) is 0 Å². The molecule has 1 fully saturated rings. The smallest absolute Gasteiger partial charge is 0.0534 e. The summed E-state index contributed by atoms with van der Waals surface area (Å²) in [6, 6.07) is 1.16. The monoisotopic (exact) mass is 249 g/mol.